The molecule has 2 fully saturated rings. The van der Waals surface area contributed by atoms with Crippen molar-refractivity contribution in [3.63, 3.8) is 0 Å². The van der Waals surface area contributed by atoms with Gasteiger partial charge in [0, 0.05) is 42.1 Å². The normalized spacial score (nSPS) is 21.9. The molecule has 156 valence electrons. The SMILES string of the molecule is CCN1CCC2(CCN(C(=O)c3ccc4oc(Cc5ccc(Cl)cc5)nc4c3)C2)C1. The molecule has 1 amide bonds. The number of nitrogens with zero attached hydrogens (tertiary/aromatic N) is 3. The first-order chi connectivity index (χ1) is 14.5. The first-order valence-corrected chi connectivity index (χ1v) is 11.1. The minimum absolute atomic E-state index is 0.103. The number of hydrogen-bond acceptors (Lipinski definition) is 4. The highest BCUT2D eigenvalue weighted by molar-refractivity contribution is 6.30. The standard InChI is InChI=1S/C24H26ClN3O2/c1-2-27-11-9-24(15-27)10-12-28(16-24)23(29)18-5-8-21-20(14-18)26-22(30-21)13-17-3-6-19(25)7-4-17/h3-8,14H,2,9-13,15-16H2,1H3. The fourth-order valence-electron chi connectivity index (χ4n) is 4.88. The van der Waals surface area contributed by atoms with E-state index in [1.807, 2.05) is 47.4 Å². The van der Waals surface area contributed by atoms with Gasteiger partial charge < -0.3 is 14.2 Å². The maximum atomic E-state index is 13.2. The molecule has 6 heteroatoms. The third-order valence-corrected chi connectivity index (χ3v) is 6.89. The van der Waals surface area contributed by atoms with Crippen molar-refractivity contribution in [2.24, 2.45) is 5.41 Å². The van der Waals surface area contributed by atoms with Crippen molar-refractivity contribution in [3.05, 3.63) is 64.5 Å². The second-order valence-corrected chi connectivity index (χ2v) is 9.13. The van der Waals surface area contributed by atoms with Gasteiger partial charge in [0.05, 0.1) is 0 Å². The number of aromatic nitrogens is 1. The van der Waals surface area contributed by atoms with E-state index < -0.39 is 0 Å². The summed E-state index contributed by atoms with van der Waals surface area (Å²) in [6.45, 7) is 7.28. The van der Waals surface area contributed by atoms with E-state index in [-0.39, 0.29) is 11.3 Å². The van der Waals surface area contributed by atoms with Crippen LogP contribution >= 0.6 is 11.6 Å². The van der Waals surface area contributed by atoms with Crippen LogP contribution in [0.2, 0.25) is 5.02 Å². The van der Waals surface area contributed by atoms with Crippen LogP contribution in [0.5, 0.6) is 0 Å². The van der Waals surface area contributed by atoms with Crippen LogP contribution in [0, 0.1) is 5.41 Å². The maximum absolute atomic E-state index is 13.2. The van der Waals surface area contributed by atoms with Gasteiger partial charge in [-0.1, -0.05) is 30.7 Å². The Morgan fingerprint density at radius 2 is 1.93 bits per heavy atom. The highest BCUT2D eigenvalue weighted by Crippen LogP contribution is 2.39. The second-order valence-electron chi connectivity index (χ2n) is 8.69. The largest absolute Gasteiger partial charge is 0.440 e. The number of amides is 1. The van der Waals surface area contributed by atoms with Crippen molar-refractivity contribution in [1.82, 2.24) is 14.8 Å². The van der Waals surface area contributed by atoms with Crippen molar-refractivity contribution in [1.29, 1.82) is 0 Å². The molecule has 1 atom stereocenters. The number of hydrogen-bond donors (Lipinski definition) is 0. The number of carbonyl (C=O) groups excluding carboxylic acids is 1. The quantitative estimate of drug-likeness (QED) is 0.613. The van der Waals surface area contributed by atoms with Crippen LogP contribution in [0.4, 0.5) is 0 Å². The lowest BCUT2D eigenvalue weighted by molar-refractivity contribution is 0.0773. The number of benzene rings is 2. The molecule has 2 aliphatic heterocycles. The molecule has 1 aromatic heterocycles. The van der Waals surface area contributed by atoms with Crippen LogP contribution in [0.25, 0.3) is 11.1 Å². The number of oxazole rings is 1. The Morgan fingerprint density at radius 1 is 1.13 bits per heavy atom. The molecule has 2 aliphatic rings. The van der Waals surface area contributed by atoms with Gasteiger partial charge in [-0.25, -0.2) is 4.98 Å². The zero-order chi connectivity index (χ0) is 20.7. The average molecular weight is 424 g/mol. The van der Waals surface area contributed by atoms with Gasteiger partial charge in [-0.15, -0.1) is 0 Å². The van der Waals surface area contributed by atoms with Crippen LogP contribution in [0.15, 0.2) is 46.9 Å². The van der Waals surface area contributed by atoms with Gasteiger partial charge in [0.2, 0.25) is 0 Å². The van der Waals surface area contributed by atoms with Gasteiger partial charge in [0.15, 0.2) is 11.5 Å². The molecule has 1 spiro atoms. The van der Waals surface area contributed by atoms with Crippen molar-refractivity contribution >= 4 is 28.6 Å². The fraction of sp³-hybridized carbons (Fsp3) is 0.417. The average Bonchev–Trinajstić information content (AvgIpc) is 3.47. The van der Waals surface area contributed by atoms with Gasteiger partial charge in [0.25, 0.3) is 5.91 Å². The molecule has 2 saturated heterocycles. The molecule has 5 nitrogen and oxygen atoms in total. The van der Waals surface area contributed by atoms with E-state index in [2.05, 4.69) is 16.8 Å². The van der Waals surface area contributed by atoms with E-state index >= 15 is 0 Å². The highest BCUT2D eigenvalue weighted by Gasteiger charge is 2.44. The summed E-state index contributed by atoms with van der Waals surface area (Å²) in [5.74, 6) is 0.744. The predicted molar refractivity (Wildman–Crippen MR) is 118 cm³/mol. The Hall–Kier alpha value is -2.37. The van der Waals surface area contributed by atoms with Crippen LogP contribution in [-0.2, 0) is 6.42 Å². The zero-order valence-electron chi connectivity index (χ0n) is 17.2. The number of fused-ring (bicyclic) bond motifs is 1. The maximum Gasteiger partial charge on any atom is 0.253 e. The third kappa shape index (κ3) is 3.72. The Labute approximate surface area is 181 Å². The van der Waals surface area contributed by atoms with Crippen LogP contribution in [0.1, 0.15) is 41.6 Å². The highest BCUT2D eigenvalue weighted by atomic mass is 35.5. The zero-order valence-corrected chi connectivity index (χ0v) is 18.0. The van der Waals surface area contributed by atoms with Gasteiger partial charge in [-0.05, 0) is 61.8 Å². The smallest absolute Gasteiger partial charge is 0.253 e. The molecule has 2 aromatic carbocycles. The lowest BCUT2D eigenvalue weighted by Crippen LogP contribution is -2.34. The molecule has 0 saturated carbocycles. The summed E-state index contributed by atoms with van der Waals surface area (Å²) in [6, 6.07) is 13.3. The summed E-state index contributed by atoms with van der Waals surface area (Å²) in [7, 11) is 0. The molecule has 30 heavy (non-hydrogen) atoms. The van der Waals surface area contributed by atoms with Gasteiger partial charge in [0.1, 0.15) is 5.52 Å². The first-order valence-electron chi connectivity index (χ1n) is 10.7. The summed E-state index contributed by atoms with van der Waals surface area (Å²) in [5.41, 5.74) is 3.51. The lowest BCUT2D eigenvalue weighted by atomic mass is 9.86. The molecule has 1 unspecified atom stereocenters. The minimum atomic E-state index is 0.103. The Bertz CT molecular complexity index is 1080. The summed E-state index contributed by atoms with van der Waals surface area (Å²) < 4.78 is 5.89. The Balaban J connectivity index is 1.31. The molecule has 0 N–H and O–H groups in total. The van der Waals surface area contributed by atoms with E-state index in [4.69, 9.17) is 16.0 Å². The van der Waals surface area contributed by atoms with Crippen LogP contribution in [-0.4, -0.2) is 53.4 Å². The Morgan fingerprint density at radius 3 is 2.70 bits per heavy atom. The first kappa shape index (κ1) is 19.6. The summed E-state index contributed by atoms with van der Waals surface area (Å²) in [6.07, 6.45) is 2.89. The summed E-state index contributed by atoms with van der Waals surface area (Å²) in [5, 5.41) is 0.711. The molecular weight excluding hydrogens is 398 g/mol. The van der Waals surface area contributed by atoms with Crippen molar-refractivity contribution in [3.8, 4) is 0 Å². The van der Waals surface area contributed by atoms with E-state index in [0.29, 0.717) is 28.5 Å². The molecule has 0 bridgehead atoms. The number of carbonyl (C=O) groups is 1. The van der Waals surface area contributed by atoms with E-state index in [1.54, 1.807) is 0 Å². The van der Waals surface area contributed by atoms with E-state index in [9.17, 15) is 4.79 Å². The summed E-state index contributed by atoms with van der Waals surface area (Å²) >= 11 is 5.96. The van der Waals surface area contributed by atoms with E-state index in [1.165, 1.54) is 6.42 Å². The number of likely N-dealkylation sites (tertiary alicyclic amines) is 2. The molecule has 3 aromatic rings. The van der Waals surface area contributed by atoms with Gasteiger partial charge >= 0.3 is 0 Å². The van der Waals surface area contributed by atoms with Crippen molar-refractivity contribution < 1.29 is 9.21 Å². The Kier molecular flexibility index (Phi) is 5.03. The van der Waals surface area contributed by atoms with Crippen LogP contribution in [0.3, 0.4) is 0 Å². The monoisotopic (exact) mass is 423 g/mol. The molecule has 5 rings (SSSR count). The van der Waals surface area contributed by atoms with Crippen molar-refractivity contribution in [2.75, 3.05) is 32.7 Å². The lowest BCUT2D eigenvalue weighted by Gasteiger charge is -2.24. The van der Waals surface area contributed by atoms with Gasteiger partial charge in [-0.3, -0.25) is 4.79 Å². The number of rotatable bonds is 4. The minimum Gasteiger partial charge on any atom is -0.440 e. The topological polar surface area (TPSA) is 49.6 Å². The van der Waals surface area contributed by atoms with Gasteiger partial charge in [-0.2, -0.15) is 0 Å². The second kappa shape index (κ2) is 7.71. The molecule has 0 radical (unpaired) electrons. The molecule has 3 heterocycles. The number of halogens is 1. The van der Waals surface area contributed by atoms with E-state index in [0.717, 1.165) is 50.2 Å². The molecule has 0 aliphatic carbocycles. The third-order valence-electron chi connectivity index (χ3n) is 6.64. The summed E-state index contributed by atoms with van der Waals surface area (Å²) in [4.78, 5) is 22.3. The van der Waals surface area contributed by atoms with Crippen LogP contribution < -0.4 is 0 Å². The predicted octanol–water partition coefficient (Wildman–Crippen LogP) is 4.63. The molecular formula is C24H26ClN3O2. The fourth-order valence-corrected chi connectivity index (χ4v) is 5.01. The van der Waals surface area contributed by atoms with Crippen molar-refractivity contribution in [2.45, 2.75) is 26.2 Å².